The summed E-state index contributed by atoms with van der Waals surface area (Å²) in [7, 11) is 0. The lowest BCUT2D eigenvalue weighted by Crippen LogP contribution is -2.50. The number of nitrogens with zero attached hydrogens (tertiary/aromatic N) is 1. The van der Waals surface area contributed by atoms with E-state index in [9.17, 15) is 9.59 Å². The molecule has 0 spiro atoms. The van der Waals surface area contributed by atoms with E-state index in [-0.39, 0.29) is 24.7 Å². The van der Waals surface area contributed by atoms with E-state index in [1.807, 2.05) is 18.7 Å². The minimum atomic E-state index is -0.536. The highest BCUT2D eigenvalue weighted by Gasteiger charge is 2.28. The SMILES string of the molecule is CC1CN(C(=O)c2ccc(OCC(N)=O)cc2)C(C)CO1. The molecule has 6 heteroatoms. The molecule has 2 atom stereocenters. The molecule has 1 heterocycles. The molecular formula is C15H20N2O4. The number of rotatable bonds is 4. The van der Waals surface area contributed by atoms with E-state index in [1.54, 1.807) is 24.3 Å². The molecule has 0 radical (unpaired) electrons. The highest BCUT2D eigenvalue weighted by molar-refractivity contribution is 5.94. The zero-order valence-electron chi connectivity index (χ0n) is 12.2. The first-order valence-electron chi connectivity index (χ1n) is 6.91. The molecular weight excluding hydrogens is 272 g/mol. The lowest BCUT2D eigenvalue weighted by molar-refractivity contribution is -0.119. The van der Waals surface area contributed by atoms with Crippen molar-refractivity contribution in [3.05, 3.63) is 29.8 Å². The topological polar surface area (TPSA) is 81.9 Å². The number of carbonyl (C=O) groups is 2. The number of benzene rings is 1. The molecule has 2 unspecified atom stereocenters. The Kier molecular flexibility index (Phi) is 4.80. The molecule has 1 aromatic carbocycles. The summed E-state index contributed by atoms with van der Waals surface area (Å²) in [6, 6.07) is 6.74. The minimum Gasteiger partial charge on any atom is -0.484 e. The average molecular weight is 292 g/mol. The standard InChI is InChI=1S/C15H20N2O4/c1-10-8-20-11(2)7-17(10)15(19)12-3-5-13(6-4-12)21-9-14(16)18/h3-6,10-11H,7-9H2,1-2H3,(H2,16,18). The largest absolute Gasteiger partial charge is 0.484 e. The Labute approximate surface area is 123 Å². The average Bonchev–Trinajstić information content (AvgIpc) is 2.47. The van der Waals surface area contributed by atoms with Gasteiger partial charge in [0, 0.05) is 12.1 Å². The molecule has 2 N–H and O–H groups in total. The molecule has 0 aromatic heterocycles. The predicted octanol–water partition coefficient (Wildman–Crippen LogP) is 0.800. The van der Waals surface area contributed by atoms with Crippen molar-refractivity contribution in [2.24, 2.45) is 5.73 Å². The van der Waals surface area contributed by atoms with Crippen LogP contribution in [0.5, 0.6) is 5.75 Å². The van der Waals surface area contributed by atoms with Gasteiger partial charge in [-0.3, -0.25) is 9.59 Å². The number of carbonyl (C=O) groups excluding carboxylic acids is 2. The second-order valence-corrected chi connectivity index (χ2v) is 5.23. The number of ether oxygens (including phenoxy) is 2. The summed E-state index contributed by atoms with van der Waals surface area (Å²) in [4.78, 5) is 24.9. The second kappa shape index (κ2) is 6.58. The molecule has 1 aromatic rings. The van der Waals surface area contributed by atoms with Crippen molar-refractivity contribution in [2.75, 3.05) is 19.8 Å². The third kappa shape index (κ3) is 3.95. The monoisotopic (exact) mass is 292 g/mol. The zero-order chi connectivity index (χ0) is 15.4. The molecule has 1 aliphatic rings. The summed E-state index contributed by atoms with van der Waals surface area (Å²) in [6.07, 6.45) is 0.0447. The van der Waals surface area contributed by atoms with Crippen LogP contribution in [0.2, 0.25) is 0 Å². The third-order valence-electron chi connectivity index (χ3n) is 3.35. The van der Waals surface area contributed by atoms with E-state index in [4.69, 9.17) is 15.2 Å². The molecule has 114 valence electrons. The number of amides is 2. The number of morpholine rings is 1. The second-order valence-electron chi connectivity index (χ2n) is 5.23. The number of hydrogen-bond acceptors (Lipinski definition) is 4. The van der Waals surface area contributed by atoms with Crippen molar-refractivity contribution >= 4 is 11.8 Å². The van der Waals surface area contributed by atoms with Crippen LogP contribution in [0, 0.1) is 0 Å². The van der Waals surface area contributed by atoms with Crippen LogP contribution < -0.4 is 10.5 Å². The van der Waals surface area contributed by atoms with Gasteiger partial charge in [0.1, 0.15) is 5.75 Å². The van der Waals surface area contributed by atoms with E-state index in [1.165, 1.54) is 0 Å². The summed E-state index contributed by atoms with van der Waals surface area (Å²) < 4.78 is 10.7. The van der Waals surface area contributed by atoms with Crippen molar-refractivity contribution in [1.29, 1.82) is 0 Å². The van der Waals surface area contributed by atoms with Crippen LogP contribution in [-0.2, 0) is 9.53 Å². The van der Waals surface area contributed by atoms with Gasteiger partial charge in [-0.25, -0.2) is 0 Å². The van der Waals surface area contributed by atoms with E-state index >= 15 is 0 Å². The molecule has 0 aliphatic carbocycles. The van der Waals surface area contributed by atoms with Crippen molar-refractivity contribution in [3.63, 3.8) is 0 Å². The first kappa shape index (κ1) is 15.3. The molecule has 21 heavy (non-hydrogen) atoms. The van der Waals surface area contributed by atoms with Gasteiger partial charge < -0.3 is 20.1 Å². The molecule has 2 amide bonds. The smallest absolute Gasteiger partial charge is 0.255 e. The Bertz CT molecular complexity index is 515. The molecule has 6 nitrogen and oxygen atoms in total. The Morgan fingerprint density at radius 3 is 2.62 bits per heavy atom. The van der Waals surface area contributed by atoms with Crippen molar-refractivity contribution < 1.29 is 19.1 Å². The van der Waals surface area contributed by atoms with E-state index in [2.05, 4.69) is 0 Å². The fraction of sp³-hybridized carbons (Fsp3) is 0.467. The molecule has 1 aliphatic heterocycles. The van der Waals surface area contributed by atoms with Gasteiger partial charge in [0.05, 0.1) is 18.8 Å². The summed E-state index contributed by atoms with van der Waals surface area (Å²) in [5.74, 6) is -0.0564. The highest BCUT2D eigenvalue weighted by Crippen LogP contribution is 2.18. The quantitative estimate of drug-likeness (QED) is 0.890. The third-order valence-corrected chi connectivity index (χ3v) is 3.35. The normalized spacial score (nSPS) is 21.9. The van der Waals surface area contributed by atoms with Gasteiger partial charge in [0.25, 0.3) is 11.8 Å². The highest BCUT2D eigenvalue weighted by atomic mass is 16.5. The summed E-state index contributed by atoms with van der Waals surface area (Å²) >= 11 is 0. The number of hydrogen-bond donors (Lipinski definition) is 1. The molecule has 1 fully saturated rings. The lowest BCUT2D eigenvalue weighted by atomic mass is 10.1. The fourth-order valence-electron chi connectivity index (χ4n) is 2.20. The summed E-state index contributed by atoms with van der Waals surface area (Å²) in [5.41, 5.74) is 5.59. The van der Waals surface area contributed by atoms with Gasteiger partial charge in [0.15, 0.2) is 6.61 Å². The predicted molar refractivity (Wildman–Crippen MR) is 77.0 cm³/mol. The van der Waals surface area contributed by atoms with E-state index in [0.717, 1.165) is 0 Å². The maximum absolute atomic E-state index is 12.5. The lowest BCUT2D eigenvalue weighted by Gasteiger charge is -2.36. The van der Waals surface area contributed by atoms with Crippen LogP contribution >= 0.6 is 0 Å². The fourth-order valence-corrected chi connectivity index (χ4v) is 2.20. The van der Waals surface area contributed by atoms with E-state index < -0.39 is 5.91 Å². The summed E-state index contributed by atoms with van der Waals surface area (Å²) in [5, 5.41) is 0. The molecule has 0 saturated carbocycles. The van der Waals surface area contributed by atoms with Gasteiger partial charge in [0.2, 0.25) is 0 Å². The zero-order valence-corrected chi connectivity index (χ0v) is 12.2. The Hall–Kier alpha value is -2.08. The summed E-state index contributed by atoms with van der Waals surface area (Å²) in [6.45, 7) is 4.87. The first-order chi connectivity index (χ1) is 9.97. The Morgan fingerprint density at radius 1 is 1.33 bits per heavy atom. The van der Waals surface area contributed by atoms with Gasteiger partial charge in [-0.1, -0.05) is 0 Å². The van der Waals surface area contributed by atoms with E-state index in [0.29, 0.717) is 24.5 Å². The van der Waals surface area contributed by atoms with Crippen LogP contribution in [0.4, 0.5) is 0 Å². The van der Waals surface area contributed by atoms with Crippen molar-refractivity contribution in [2.45, 2.75) is 26.0 Å². The first-order valence-corrected chi connectivity index (χ1v) is 6.91. The van der Waals surface area contributed by atoms with Gasteiger partial charge in [-0.15, -0.1) is 0 Å². The van der Waals surface area contributed by atoms with Gasteiger partial charge in [-0.05, 0) is 38.1 Å². The van der Waals surface area contributed by atoms with Gasteiger partial charge in [-0.2, -0.15) is 0 Å². The maximum atomic E-state index is 12.5. The Balaban J connectivity index is 2.03. The van der Waals surface area contributed by atoms with Crippen molar-refractivity contribution in [3.8, 4) is 5.75 Å². The molecule has 1 saturated heterocycles. The minimum absolute atomic E-state index is 0.0286. The molecule has 0 bridgehead atoms. The van der Waals surface area contributed by atoms with Gasteiger partial charge >= 0.3 is 0 Å². The van der Waals surface area contributed by atoms with Crippen LogP contribution in [0.1, 0.15) is 24.2 Å². The Morgan fingerprint density at radius 2 is 2.00 bits per heavy atom. The number of primary amides is 1. The van der Waals surface area contributed by atoms with Crippen LogP contribution in [0.25, 0.3) is 0 Å². The molecule has 2 rings (SSSR count). The maximum Gasteiger partial charge on any atom is 0.255 e. The van der Waals surface area contributed by atoms with Crippen LogP contribution in [-0.4, -0.2) is 48.6 Å². The van der Waals surface area contributed by atoms with Crippen LogP contribution in [0.15, 0.2) is 24.3 Å². The van der Waals surface area contributed by atoms with Crippen molar-refractivity contribution in [1.82, 2.24) is 4.90 Å². The van der Waals surface area contributed by atoms with Crippen LogP contribution in [0.3, 0.4) is 0 Å². The number of nitrogens with two attached hydrogens (primary N) is 1.